The molecule has 4 nitrogen and oxygen atoms in total. The predicted molar refractivity (Wildman–Crippen MR) is 75.2 cm³/mol. The van der Waals surface area contributed by atoms with E-state index in [1.165, 1.54) is 12.7 Å². The molecule has 0 heterocycles. The van der Waals surface area contributed by atoms with Crippen LogP contribution in [0.25, 0.3) is 0 Å². The topological polar surface area (TPSA) is 47.6 Å². The number of rotatable bonds is 6. The van der Waals surface area contributed by atoms with E-state index in [1.54, 1.807) is 13.8 Å². The highest BCUT2D eigenvalue weighted by molar-refractivity contribution is 5.75. The molecule has 0 saturated carbocycles. The van der Waals surface area contributed by atoms with Crippen molar-refractivity contribution >= 4 is 5.97 Å². The largest absolute Gasteiger partial charge is 0.492 e. The molecule has 1 N–H and O–H groups in total. The van der Waals surface area contributed by atoms with Gasteiger partial charge in [0.15, 0.2) is 0 Å². The molecule has 0 aliphatic carbocycles. The van der Waals surface area contributed by atoms with E-state index < -0.39 is 5.41 Å². The van der Waals surface area contributed by atoms with Crippen LogP contribution >= 0.6 is 0 Å². The first-order chi connectivity index (χ1) is 8.90. The van der Waals surface area contributed by atoms with Crippen LogP contribution in [0.1, 0.15) is 32.4 Å². The van der Waals surface area contributed by atoms with Gasteiger partial charge in [0.1, 0.15) is 12.4 Å². The Balaban J connectivity index is 2.62. The van der Waals surface area contributed by atoms with E-state index in [-0.39, 0.29) is 5.97 Å². The molecule has 0 aliphatic rings. The second-order valence-corrected chi connectivity index (χ2v) is 5.24. The molecule has 1 atom stereocenters. The standard InChI is InChI=1S/C15H23NO3/c1-11(16-4)12-6-8-13(9-7-12)19-10-15(2,3)14(17)18-5/h6-9,11,16H,10H2,1-5H3. The number of nitrogens with one attached hydrogen (secondary N) is 1. The average Bonchev–Trinajstić information content (AvgIpc) is 2.43. The van der Waals surface area contributed by atoms with Crippen LogP contribution in [0.15, 0.2) is 24.3 Å². The molecule has 0 aliphatic heterocycles. The summed E-state index contributed by atoms with van der Waals surface area (Å²) in [6, 6.07) is 8.16. The second-order valence-electron chi connectivity index (χ2n) is 5.24. The van der Waals surface area contributed by atoms with Gasteiger partial charge < -0.3 is 14.8 Å². The SMILES string of the molecule is CNC(C)c1ccc(OCC(C)(C)C(=O)OC)cc1. The first kappa shape index (κ1) is 15.5. The second kappa shape index (κ2) is 6.57. The lowest BCUT2D eigenvalue weighted by atomic mass is 9.95. The van der Waals surface area contributed by atoms with Crippen LogP contribution in [0.4, 0.5) is 0 Å². The Hall–Kier alpha value is -1.55. The Morgan fingerprint density at radius 1 is 1.32 bits per heavy atom. The minimum atomic E-state index is -0.647. The molecule has 0 saturated heterocycles. The fraction of sp³-hybridized carbons (Fsp3) is 0.533. The van der Waals surface area contributed by atoms with Crippen LogP contribution in [-0.2, 0) is 9.53 Å². The zero-order valence-corrected chi connectivity index (χ0v) is 12.3. The highest BCUT2D eigenvalue weighted by atomic mass is 16.5. The van der Waals surface area contributed by atoms with Gasteiger partial charge in [0.25, 0.3) is 0 Å². The zero-order valence-electron chi connectivity index (χ0n) is 12.3. The quantitative estimate of drug-likeness (QED) is 0.803. The summed E-state index contributed by atoms with van der Waals surface area (Å²) in [6.07, 6.45) is 0. The minimum absolute atomic E-state index is 0.270. The summed E-state index contributed by atoms with van der Waals surface area (Å²) in [7, 11) is 3.31. The molecule has 1 unspecified atom stereocenters. The van der Waals surface area contributed by atoms with Crippen LogP contribution in [0.2, 0.25) is 0 Å². The molecule has 0 fully saturated rings. The summed E-state index contributed by atoms with van der Waals surface area (Å²) in [5, 5.41) is 3.18. The number of ether oxygens (including phenoxy) is 2. The molecule has 0 spiro atoms. The Kier molecular flexibility index (Phi) is 5.36. The third-order valence-corrected chi connectivity index (χ3v) is 3.15. The number of hydrogen-bond acceptors (Lipinski definition) is 4. The maximum Gasteiger partial charge on any atom is 0.314 e. The van der Waals surface area contributed by atoms with Gasteiger partial charge in [-0.05, 0) is 45.5 Å². The van der Waals surface area contributed by atoms with Crippen molar-refractivity contribution < 1.29 is 14.3 Å². The van der Waals surface area contributed by atoms with Crippen molar-refractivity contribution in [2.45, 2.75) is 26.8 Å². The van der Waals surface area contributed by atoms with Crippen LogP contribution in [0, 0.1) is 5.41 Å². The first-order valence-corrected chi connectivity index (χ1v) is 6.39. The Bertz CT molecular complexity index is 412. The Morgan fingerprint density at radius 2 is 1.89 bits per heavy atom. The molecule has 0 aromatic heterocycles. The van der Waals surface area contributed by atoms with Crippen LogP contribution in [0.3, 0.4) is 0 Å². The lowest BCUT2D eigenvalue weighted by molar-refractivity contribution is -0.152. The van der Waals surface area contributed by atoms with Gasteiger partial charge in [-0.15, -0.1) is 0 Å². The minimum Gasteiger partial charge on any atom is -0.492 e. The fourth-order valence-corrected chi connectivity index (χ4v) is 1.62. The van der Waals surface area contributed by atoms with E-state index in [2.05, 4.69) is 12.2 Å². The molecule has 1 aromatic carbocycles. The molecule has 4 heteroatoms. The van der Waals surface area contributed by atoms with Crippen molar-refractivity contribution in [3.8, 4) is 5.75 Å². The molecule has 0 amide bonds. The molecule has 19 heavy (non-hydrogen) atoms. The van der Waals surface area contributed by atoms with Crippen LogP contribution < -0.4 is 10.1 Å². The Labute approximate surface area is 115 Å². The maximum absolute atomic E-state index is 11.5. The number of carbonyl (C=O) groups is 1. The van der Waals surface area contributed by atoms with Gasteiger partial charge in [-0.2, -0.15) is 0 Å². The molecule has 0 radical (unpaired) electrons. The molecule has 1 aromatic rings. The molecule has 106 valence electrons. The third kappa shape index (κ3) is 4.24. The van der Waals surface area contributed by atoms with E-state index >= 15 is 0 Å². The van der Waals surface area contributed by atoms with Crippen molar-refractivity contribution in [1.29, 1.82) is 0 Å². The van der Waals surface area contributed by atoms with Gasteiger partial charge in [0.2, 0.25) is 0 Å². The van der Waals surface area contributed by atoms with Gasteiger partial charge in [-0.1, -0.05) is 12.1 Å². The number of hydrogen-bond donors (Lipinski definition) is 1. The normalized spacial score (nSPS) is 12.9. The Morgan fingerprint density at radius 3 is 2.37 bits per heavy atom. The third-order valence-electron chi connectivity index (χ3n) is 3.15. The van der Waals surface area contributed by atoms with Gasteiger partial charge in [-0.25, -0.2) is 0 Å². The lowest BCUT2D eigenvalue weighted by Crippen LogP contribution is -2.32. The monoisotopic (exact) mass is 265 g/mol. The summed E-state index contributed by atoms with van der Waals surface area (Å²) in [5.74, 6) is 0.483. The number of esters is 1. The predicted octanol–water partition coefficient (Wildman–Crippen LogP) is 2.55. The first-order valence-electron chi connectivity index (χ1n) is 6.39. The molecule has 1 rings (SSSR count). The highest BCUT2D eigenvalue weighted by Gasteiger charge is 2.29. The van der Waals surface area contributed by atoms with Crippen molar-refractivity contribution in [2.75, 3.05) is 20.8 Å². The van der Waals surface area contributed by atoms with Gasteiger partial charge in [0.05, 0.1) is 12.5 Å². The number of carbonyl (C=O) groups excluding carboxylic acids is 1. The van der Waals surface area contributed by atoms with Crippen molar-refractivity contribution in [1.82, 2.24) is 5.32 Å². The summed E-state index contributed by atoms with van der Waals surface area (Å²) in [6.45, 7) is 5.99. The number of methoxy groups -OCH3 is 1. The van der Waals surface area contributed by atoms with Crippen LogP contribution in [0.5, 0.6) is 5.75 Å². The lowest BCUT2D eigenvalue weighted by Gasteiger charge is -2.21. The molecule has 0 bridgehead atoms. The van der Waals surface area contributed by atoms with E-state index in [1.807, 2.05) is 31.3 Å². The van der Waals surface area contributed by atoms with E-state index in [4.69, 9.17) is 9.47 Å². The van der Waals surface area contributed by atoms with Crippen molar-refractivity contribution in [2.24, 2.45) is 5.41 Å². The van der Waals surface area contributed by atoms with E-state index in [0.717, 1.165) is 5.75 Å². The summed E-state index contributed by atoms with van der Waals surface area (Å²) in [5.41, 5.74) is 0.549. The average molecular weight is 265 g/mol. The van der Waals surface area contributed by atoms with Gasteiger partial charge >= 0.3 is 5.97 Å². The smallest absolute Gasteiger partial charge is 0.314 e. The molecular weight excluding hydrogens is 242 g/mol. The fourth-order valence-electron chi connectivity index (χ4n) is 1.62. The summed E-state index contributed by atoms with van der Waals surface area (Å²) < 4.78 is 10.4. The highest BCUT2D eigenvalue weighted by Crippen LogP contribution is 2.22. The van der Waals surface area contributed by atoms with Crippen molar-refractivity contribution in [3.05, 3.63) is 29.8 Å². The summed E-state index contributed by atoms with van der Waals surface area (Å²) >= 11 is 0. The zero-order chi connectivity index (χ0) is 14.5. The van der Waals surface area contributed by atoms with E-state index in [9.17, 15) is 4.79 Å². The summed E-state index contributed by atoms with van der Waals surface area (Å²) in [4.78, 5) is 11.5. The van der Waals surface area contributed by atoms with Gasteiger partial charge in [0, 0.05) is 6.04 Å². The number of benzene rings is 1. The van der Waals surface area contributed by atoms with Crippen LogP contribution in [-0.4, -0.2) is 26.7 Å². The van der Waals surface area contributed by atoms with Gasteiger partial charge in [-0.3, -0.25) is 4.79 Å². The van der Waals surface area contributed by atoms with Crippen molar-refractivity contribution in [3.63, 3.8) is 0 Å². The van der Waals surface area contributed by atoms with E-state index in [0.29, 0.717) is 12.6 Å². The molecular formula is C15H23NO3. The maximum atomic E-state index is 11.5.